The summed E-state index contributed by atoms with van der Waals surface area (Å²) in [6.45, 7) is 4.23. The summed E-state index contributed by atoms with van der Waals surface area (Å²) in [7, 11) is 0. The van der Waals surface area contributed by atoms with Gasteiger partial charge in [-0.3, -0.25) is 16.3 Å². The lowest BCUT2D eigenvalue weighted by atomic mass is 10.0. The van der Waals surface area contributed by atoms with Gasteiger partial charge in [0.2, 0.25) is 0 Å². The number of hydrogen-bond acceptors (Lipinski definition) is 5. The van der Waals surface area contributed by atoms with E-state index in [9.17, 15) is 13.2 Å². The van der Waals surface area contributed by atoms with Gasteiger partial charge in [-0.1, -0.05) is 13.8 Å². The van der Waals surface area contributed by atoms with Crippen molar-refractivity contribution in [2.75, 3.05) is 5.75 Å². The van der Waals surface area contributed by atoms with Crippen LogP contribution in [-0.4, -0.2) is 26.5 Å². The highest BCUT2D eigenvalue weighted by molar-refractivity contribution is 8.07. The van der Waals surface area contributed by atoms with E-state index in [2.05, 4.69) is 24.3 Å². The molecule has 1 fully saturated rings. The quantitative estimate of drug-likeness (QED) is 0.655. The van der Waals surface area contributed by atoms with Crippen LogP contribution in [0.5, 0.6) is 0 Å². The van der Waals surface area contributed by atoms with Crippen LogP contribution < -0.4 is 11.3 Å². The highest BCUT2D eigenvalue weighted by Crippen LogP contribution is 2.43. The van der Waals surface area contributed by atoms with Crippen molar-refractivity contribution in [2.24, 2.45) is 5.84 Å². The van der Waals surface area contributed by atoms with Gasteiger partial charge < -0.3 is 0 Å². The topological polar surface area (TPSA) is 50.9 Å². The van der Waals surface area contributed by atoms with Crippen molar-refractivity contribution in [3.05, 3.63) is 29.6 Å². The second-order valence-corrected chi connectivity index (χ2v) is 8.05. The minimum absolute atomic E-state index is 0.0171. The van der Waals surface area contributed by atoms with E-state index in [0.717, 1.165) is 18.0 Å². The van der Waals surface area contributed by atoms with Gasteiger partial charge >= 0.3 is 6.18 Å². The van der Waals surface area contributed by atoms with Crippen LogP contribution in [0.3, 0.4) is 0 Å². The van der Waals surface area contributed by atoms with Crippen molar-refractivity contribution in [2.45, 2.75) is 41.8 Å². The van der Waals surface area contributed by atoms with Crippen molar-refractivity contribution in [3.8, 4) is 0 Å². The van der Waals surface area contributed by atoms with Crippen LogP contribution in [0.15, 0.2) is 18.5 Å². The summed E-state index contributed by atoms with van der Waals surface area (Å²) in [6.07, 6.45) is -1.98. The van der Waals surface area contributed by atoms with E-state index < -0.39 is 17.8 Å². The largest absolute Gasteiger partial charge is 0.416 e. The van der Waals surface area contributed by atoms with Gasteiger partial charge in [0.15, 0.2) is 0 Å². The van der Waals surface area contributed by atoms with Crippen LogP contribution in [0, 0.1) is 0 Å². The molecule has 0 aliphatic carbocycles. The number of nitrogens with two attached hydrogens (primary N) is 1. The van der Waals surface area contributed by atoms with Crippen molar-refractivity contribution < 1.29 is 13.2 Å². The fourth-order valence-corrected chi connectivity index (χ4v) is 5.38. The number of nitrogens with one attached hydrogen (secondary N) is 1. The number of hydrazine groups is 1. The molecule has 2 heterocycles. The number of alkyl halides is 3. The molecule has 118 valence electrons. The van der Waals surface area contributed by atoms with Crippen LogP contribution in [0.2, 0.25) is 0 Å². The second kappa shape index (κ2) is 6.76. The van der Waals surface area contributed by atoms with E-state index in [-0.39, 0.29) is 10.8 Å². The number of thioether (sulfide) groups is 2. The number of hydrogen-bond donors (Lipinski definition) is 2. The molecule has 1 aliphatic rings. The molecular weight excluding hydrogens is 319 g/mol. The Bertz CT molecular complexity index is 484. The summed E-state index contributed by atoms with van der Waals surface area (Å²) in [5, 5.41) is 0.841. The zero-order chi connectivity index (χ0) is 15.6. The molecule has 4 unspecified atom stereocenters. The lowest BCUT2D eigenvalue weighted by Gasteiger charge is -2.36. The first kappa shape index (κ1) is 16.9. The van der Waals surface area contributed by atoms with Crippen LogP contribution >= 0.6 is 23.5 Å². The third-order valence-corrected chi connectivity index (χ3v) is 7.11. The fraction of sp³-hybridized carbons (Fsp3) is 0.615. The number of aromatic nitrogens is 1. The summed E-state index contributed by atoms with van der Waals surface area (Å²) in [4.78, 5) is 3.84. The first-order valence-corrected chi connectivity index (χ1v) is 8.58. The SMILES string of the molecule is CC1SCC(C(NN)c2cnccc2C(F)(F)F)SC1C. The highest BCUT2D eigenvalue weighted by atomic mass is 32.2. The molecule has 4 atom stereocenters. The zero-order valence-electron chi connectivity index (χ0n) is 11.7. The maximum Gasteiger partial charge on any atom is 0.416 e. The molecule has 0 bridgehead atoms. The van der Waals surface area contributed by atoms with Gasteiger partial charge in [0.1, 0.15) is 0 Å². The summed E-state index contributed by atoms with van der Waals surface area (Å²) < 4.78 is 39.4. The van der Waals surface area contributed by atoms with E-state index in [1.807, 2.05) is 0 Å². The van der Waals surface area contributed by atoms with Gasteiger partial charge in [0.05, 0.1) is 11.6 Å². The average molecular weight is 337 g/mol. The molecule has 0 radical (unpaired) electrons. The predicted octanol–water partition coefficient (Wildman–Crippen LogP) is 3.23. The molecule has 21 heavy (non-hydrogen) atoms. The van der Waals surface area contributed by atoms with Crippen molar-refractivity contribution >= 4 is 23.5 Å². The Morgan fingerprint density at radius 3 is 2.67 bits per heavy atom. The summed E-state index contributed by atoms with van der Waals surface area (Å²) in [5.41, 5.74) is 2.01. The second-order valence-electron chi connectivity index (χ2n) is 5.02. The normalized spacial score (nSPS) is 28.4. The number of pyridine rings is 1. The Balaban J connectivity index is 2.30. The Morgan fingerprint density at radius 2 is 2.10 bits per heavy atom. The molecule has 0 spiro atoms. The zero-order valence-corrected chi connectivity index (χ0v) is 13.4. The third kappa shape index (κ3) is 3.85. The fourth-order valence-electron chi connectivity index (χ4n) is 2.29. The van der Waals surface area contributed by atoms with Crippen molar-refractivity contribution in [1.29, 1.82) is 0 Å². The molecule has 8 heteroatoms. The minimum Gasteiger partial charge on any atom is -0.271 e. The van der Waals surface area contributed by atoms with Gasteiger partial charge in [0.25, 0.3) is 0 Å². The number of rotatable bonds is 3. The molecule has 1 aromatic heterocycles. The van der Waals surface area contributed by atoms with Crippen LogP contribution in [0.1, 0.15) is 31.0 Å². The van der Waals surface area contributed by atoms with Crippen LogP contribution in [0.4, 0.5) is 13.2 Å². The molecule has 1 aromatic rings. The lowest BCUT2D eigenvalue weighted by Crippen LogP contribution is -2.41. The Hall–Kier alpha value is -0.440. The standard InChI is InChI=1S/C13H18F3N3S2/c1-7-8(2)21-11(6-20-7)12(19-17)9-5-18-4-3-10(9)13(14,15)16/h3-5,7-8,11-12,19H,6,17H2,1-2H3. The Kier molecular flexibility index (Phi) is 5.45. The Morgan fingerprint density at radius 1 is 1.38 bits per heavy atom. The van der Waals surface area contributed by atoms with Crippen LogP contribution in [0.25, 0.3) is 0 Å². The minimum atomic E-state index is -4.40. The summed E-state index contributed by atoms with van der Waals surface area (Å²) in [6, 6.07) is 0.439. The summed E-state index contributed by atoms with van der Waals surface area (Å²) in [5.74, 6) is 6.32. The van der Waals surface area contributed by atoms with E-state index in [1.54, 1.807) is 23.5 Å². The number of halogens is 3. The van der Waals surface area contributed by atoms with Crippen molar-refractivity contribution in [1.82, 2.24) is 10.4 Å². The van der Waals surface area contributed by atoms with Crippen molar-refractivity contribution in [3.63, 3.8) is 0 Å². The average Bonchev–Trinajstić information content (AvgIpc) is 2.43. The van der Waals surface area contributed by atoms with Gasteiger partial charge in [0, 0.05) is 39.5 Å². The lowest BCUT2D eigenvalue weighted by molar-refractivity contribution is -0.138. The number of nitrogens with zero attached hydrogens (tertiary/aromatic N) is 1. The summed E-state index contributed by atoms with van der Waals surface area (Å²) >= 11 is 3.45. The molecule has 0 aromatic carbocycles. The van der Waals surface area contributed by atoms with E-state index >= 15 is 0 Å². The van der Waals surface area contributed by atoms with E-state index in [1.165, 1.54) is 6.20 Å². The van der Waals surface area contributed by atoms with E-state index in [4.69, 9.17) is 5.84 Å². The highest BCUT2D eigenvalue weighted by Gasteiger charge is 2.39. The molecule has 0 amide bonds. The first-order valence-electron chi connectivity index (χ1n) is 6.59. The van der Waals surface area contributed by atoms with Crippen LogP contribution in [-0.2, 0) is 6.18 Å². The van der Waals surface area contributed by atoms with Gasteiger partial charge in [-0.2, -0.15) is 36.7 Å². The van der Waals surface area contributed by atoms with Gasteiger partial charge in [-0.05, 0) is 6.07 Å². The van der Waals surface area contributed by atoms with E-state index in [0.29, 0.717) is 10.5 Å². The monoisotopic (exact) mass is 337 g/mol. The molecule has 2 rings (SSSR count). The maximum atomic E-state index is 13.1. The predicted molar refractivity (Wildman–Crippen MR) is 82.1 cm³/mol. The first-order chi connectivity index (χ1) is 9.84. The molecule has 0 saturated carbocycles. The molecule has 1 aliphatic heterocycles. The Labute approximate surface area is 130 Å². The molecule has 3 N–H and O–H groups in total. The van der Waals surface area contributed by atoms with Gasteiger partial charge in [-0.25, -0.2) is 0 Å². The molecule has 1 saturated heterocycles. The van der Waals surface area contributed by atoms with Gasteiger partial charge in [-0.15, -0.1) is 0 Å². The molecule has 3 nitrogen and oxygen atoms in total. The third-order valence-electron chi connectivity index (χ3n) is 3.62. The molecular formula is C13H18F3N3S2. The maximum absolute atomic E-state index is 13.1. The smallest absolute Gasteiger partial charge is 0.271 e.